The van der Waals surface area contributed by atoms with Gasteiger partial charge in [0.15, 0.2) is 11.5 Å². The van der Waals surface area contributed by atoms with E-state index in [4.69, 9.17) is 19.5 Å². The SMILES string of the molecule is CCOP(=O)(O)NP(=O)(OCC)OC[C@H]1O[C@@H](n2cnc3c(N)ncnc32)C[C@@H]1O. The molecule has 0 aliphatic carbocycles. The first-order chi connectivity index (χ1) is 14.2. The molecule has 5 atom stereocenters. The average Bonchev–Trinajstić information content (AvgIpc) is 3.24. The zero-order valence-electron chi connectivity index (χ0n) is 16.3. The van der Waals surface area contributed by atoms with Gasteiger partial charge in [0, 0.05) is 6.42 Å². The van der Waals surface area contributed by atoms with Crippen molar-refractivity contribution in [2.24, 2.45) is 0 Å². The number of nitrogen functional groups attached to an aromatic ring is 1. The lowest BCUT2D eigenvalue weighted by atomic mass is 10.2. The van der Waals surface area contributed by atoms with Crippen LogP contribution in [-0.4, -0.2) is 61.5 Å². The van der Waals surface area contributed by atoms with Gasteiger partial charge in [-0.15, -0.1) is 4.86 Å². The van der Waals surface area contributed by atoms with Gasteiger partial charge in [0.1, 0.15) is 24.2 Å². The van der Waals surface area contributed by atoms with Crippen LogP contribution in [0.25, 0.3) is 11.2 Å². The molecule has 16 heteroatoms. The summed E-state index contributed by atoms with van der Waals surface area (Å²) < 4.78 is 46.9. The van der Waals surface area contributed by atoms with Crippen LogP contribution in [0.2, 0.25) is 0 Å². The monoisotopic (exact) mass is 466 g/mol. The molecule has 14 nitrogen and oxygen atoms in total. The van der Waals surface area contributed by atoms with Gasteiger partial charge in [-0.05, 0) is 13.8 Å². The van der Waals surface area contributed by atoms with E-state index in [-0.39, 0.29) is 32.1 Å². The van der Waals surface area contributed by atoms with Gasteiger partial charge >= 0.3 is 15.5 Å². The highest BCUT2D eigenvalue weighted by atomic mass is 31.3. The third-order valence-electron chi connectivity index (χ3n) is 4.16. The summed E-state index contributed by atoms with van der Waals surface area (Å²) in [5, 5.41) is 10.4. The third kappa shape index (κ3) is 5.22. The lowest BCUT2D eigenvalue weighted by molar-refractivity contribution is -0.0407. The molecule has 2 aromatic rings. The summed E-state index contributed by atoms with van der Waals surface area (Å²) in [6, 6.07) is 0. The van der Waals surface area contributed by atoms with Crippen molar-refractivity contribution in [3.8, 4) is 0 Å². The fourth-order valence-corrected chi connectivity index (χ4v) is 5.95. The number of imidazole rings is 1. The van der Waals surface area contributed by atoms with Crippen molar-refractivity contribution in [3.05, 3.63) is 12.7 Å². The fraction of sp³-hybridized carbons (Fsp3) is 0.643. The normalized spacial score (nSPS) is 25.9. The van der Waals surface area contributed by atoms with E-state index >= 15 is 0 Å². The van der Waals surface area contributed by atoms with Gasteiger partial charge in [0.2, 0.25) is 0 Å². The van der Waals surface area contributed by atoms with E-state index in [0.29, 0.717) is 11.2 Å². The number of aliphatic hydroxyl groups excluding tert-OH is 1. The van der Waals surface area contributed by atoms with Crippen LogP contribution in [0.5, 0.6) is 0 Å². The molecule has 0 amide bonds. The summed E-state index contributed by atoms with van der Waals surface area (Å²) in [6.07, 6.45) is 0.416. The van der Waals surface area contributed by atoms with Crippen LogP contribution >= 0.6 is 15.5 Å². The molecule has 1 saturated heterocycles. The number of fused-ring (bicyclic) bond motifs is 1. The highest BCUT2D eigenvalue weighted by Gasteiger charge is 2.40. The summed E-state index contributed by atoms with van der Waals surface area (Å²) in [7, 11) is -8.62. The molecule has 2 aromatic heterocycles. The van der Waals surface area contributed by atoms with Crippen LogP contribution in [0.3, 0.4) is 0 Å². The number of aliphatic hydroxyl groups is 1. The summed E-state index contributed by atoms with van der Waals surface area (Å²) >= 11 is 0. The Morgan fingerprint density at radius 2 is 2.00 bits per heavy atom. The van der Waals surface area contributed by atoms with E-state index in [1.54, 1.807) is 4.57 Å². The number of nitrogens with one attached hydrogen (secondary N) is 1. The number of hydrogen-bond donors (Lipinski definition) is 4. The average molecular weight is 466 g/mol. The van der Waals surface area contributed by atoms with E-state index in [2.05, 4.69) is 19.5 Å². The second-order valence-electron chi connectivity index (χ2n) is 6.26. The van der Waals surface area contributed by atoms with Crippen molar-refractivity contribution in [1.82, 2.24) is 24.4 Å². The second kappa shape index (κ2) is 9.35. The van der Waals surface area contributed by atoms with Gasteiger partial charge in [-0.1, -0.05) is 0 Å². The van der Waals surface area contributed by atoms with Crippen LogP contribution < -0.4 is 10.6 Å². The molecule has 0 radical (unpaired) electrons. The zero-order valence-corrected chi connectivity index (χ0v) is 18.1. The van der Waals surface area contributed by atoms with Gasteiger partial charge in [0.05, 0.1) is 32.3 Å². The Morgan fingerprint density at radius 3 is 2.70 bits per heavy atom. The molecular formula is C14H24N6O8P2. The maximum absolute atomic E-state index is 12.7. The smallest absolute Gasteiger partial charge is 0.390 e. The van der Waals surface area contributed by atoms with Crippen LogP contribution in [0.1, 0.15) is 26.5 Å². The summed E-state index contributed by atoms with van der Waals surface area (Å²) in [6.45, 7) is 2.51. The lowest BCUT2D eigenvalue weighted by Crippen LogP contribution is -2.27. The molecule has 2 unspecified atom stereocenters. The molecule has 1 aliphatic rings. The van der Waals surface area contributed by atoms with E-state index in [1.807, 2.05) is 4.86 Å². The minimum Gasteiger partial charge on any atom is -0.390 e. The highest BCUT2D eigenvalue weighted by Crippen LogP contribution is 2.55. The maximum Gasteiger partial charge on any atom is 0.415 e. The number of nitrogens with zero attached hydrogens (tertiary/aromatic N) is 4. The Labute approximate surface area is 171 Å². The molecule has 1 fully saturated rings. The topological polar surface area (TPSA) is 193 Å². The third-order valence-corrected chi connectivity index (χ3v) is 7.85. The number of nitrogens with two attached hydrogens (primary N) is 1. The summed E-state index contributed by atoms with van der Waals surface area (Å²) in [5.74, 6) is 0.212. The molecule has 0 spiro atoms. The van der Waals surface area contributed by atoms with E-state index in [0.717, 1.165) is 0 Å². The maximum atomic E-state index is 12.7. The first-order valence-corrected chi connectivity index (χ1v) is 12.2. The second-order valence-corrected chi connectivity index (χ2v) is 9.87. The number of hydrogen-bond acceptors (Lipinski definition) is 11. The Balaban J connectivity index is 1.68. The lowest BCUT2D eigenvalue weighted by Gasteiger charge is -2.23. The predicted molar refractivity (Wildman–Crippen MR) is 104 cm³/mol. The van der Waals surface area contributed by atoms with E-state index in [9.17, 15) is 19.1 Å². The van der Waals surface area contributed by atoms with Crippen molar-refractivity contribution < 1.29 is 37.4 Å². The molecule has 0 saturated carbocycles. The summed E-state index contributed by atoms with van der Waals surface area (Å²) in [4.78, 5) is 23.7. The Morgan fingerprint density at radius 1 is 1.27 bits per heavy atom. The Hall–Kier alpha value is -1.47. The van der Waals surface area contributed by atoms with Crippen molar-refractivity contribution in [3.63, 3.8) is 0 Å². The Kier molecular flexibility index (Phi) is 7.23. The standard InChI is InChI=1S/C14H24N6O8P2/c1-3-25-29(22,23)19-30(24,26-4-2)27-6-10-9(21)5-11(28-10)20-8-18-12-13(15)16-7-17-14(12)20/h7-11,21H,3-6H2,1-2H3,(H2,15,16,17)(H2,19,22,23,24)/t9-,10+,11+,30?/m0/s1. The van der Waals surface area contributed by atoms with Gasteiger partial charge in [-0.25, -0.2) is 24.1 Å². The van der Waals surface area contributed by atoms with Gasteiger partial charge in [-0.3, -0.25) is 18.1 Å². The van der Waals surface area contributed by atoms with Gasteiger partial charge < -0.3 is 20.5 Å². The molecule has 5 N–H and O–H groups in total. The van der Waals surface area contributed by atoms with E-state index in [1.165, 1.54) is 26.5 Å². The van der Waals surface area contributed by atoms with E-state index < -0.39 is 33.9 Å². The van der Waals surface area contributed by atoms with Crippen LogP contribution in [0.4, 0.5) is 5.82 Å². The summed E-state index contributed by atoms with van der Waals surface area (Å²) in [5.41, 5.74) is 6.61. The largest absolute Gasteiger partial charge is 0.415 e. The number of ether oxygens (including phenoxy) is 1. The molecule has 168 valence electrons. The fourth-order valence-electron chi connectivity index (χ4n) is 2.91. The number of anilines is 1. The first-order valence-electron chi connectivity index (χ1n) is 9.10. The zero-order chi connectivity index (χ0) is 21.9. The van der Waals surface area contributed by atoms with Gasteiger partial charge in [-0.2, -0.15) is 0 Å². The van der Waals surface area contributed by atoms with Crippen molar-refractivity contribution >= 4 is 32.5 Å². The molecule has 3 rings (SSSR count). The van der Waals surface area contributed by atoms with Crippen molar-refractivity contribution in [2.75, 3.05) is 25.6 Å². The highest BCUT2D eigenvalue weighted by molar-refractivity contribution is 7.67. The van der Waals surface area contributed by atoms with Crippen LogP contribution in [0, 0.1) is 0 Å². The number of rotatable bonds is 10. The minimum atomic E-state index is -4.41. The molecule has 0 bridgehead atoms. The minimum absolute atomic E-state index is 0.0603. The Bertz CT molecular complexity index is 973. The first kappa shape index (κ1) is 23.2. The molecular weight excluding hydrogens is 442 g/mol. The van der Waals surface area contributed by atoms with Gasteiger partial charge in [0.25, 0.3) is 0 Å². The molecule has 3 heterocycles. The van der Waals surface area contributed by atoms with Crippen LogP contribution in [-0.2, 0) is 27.4 Å². The molecule has 30 heavy (non-hydrogen) atoms. The predicted octanol–water partition coefficient (Wildman–Crippen LogP) is 0.945. The molecule has 1 aliphatic heterocycles. The van der Waals surface area contributed by atoms with Crippen LogP contribution in [0.15, 0.2) is 12.7 Å². The quantitative estimate of drug-likeness (QED) is 0.362. The molecule has 0 aromatic carbocycles. The van der Waals surface area contributed by atoms with Crippen molar-refractivity contribution in [1.29, 1.82) is 0 Å². The van der Waals surface area contributed by atoms with Crippen molar-refractivity contribution in [2.45, 2.75) is 38.7 Å². The number of aromatic nitrogens is 4.